The Morgan fingerprint density at radius 3 is 2.42 bits per heavy atom. The average Bonchev–Trinajstić information content (AvgIpc) is 2.71. The molecule has 0 fully saturated rings. The summed E-state index contributed by atoms with van der Waals surface area (Å²) in [6.07, 6.45) is 5.06. The van der Waals surface area contributed by atoms with E-state index in [4.69, 9.17) is 0 Å². The Labute approximate surface area is 153 Å². The first-order chi connectivity index (χ1) is 12.8. The van der Waals surface area contributed by atoms with E-state index in [0.717, 1.165) is 16.9 Å². The minimum atomic E-state index is -0.0881. The second-order valence-electron chi connectivity index (χ2n) is 5.84. The van der Waals surface area contributed by atoms with Gasteiger partial charge in [0.15, 0.2) is 0 Å². The number of carbonyl (C=O) groups excluding carboxylic acids is 1. The van der Waals surface area contributed by atoms with E-state index in [0.29, 0.717) is 18.7 Å². The van der Waals surface area contributed by atoms with E-state index in [1.54, 1.807) is 23.4 Å². The molecule has 0 radical (unpaired) electrons. The fourth-order valence-corrected chi connectivity index (χ4v) is 2.65. The highest BCUT2D eigenvalue weighted by Crippen LogP contribution is 2.21. The van der Waals surface area contributed by atoms with Crippen molar-refractivity contribution >= 4 is 17.3 Å². The predicted molar refractivity (Wildman–Crippen MR) is 106 cm³/mol. The number of hydrogen-bond acceptors (Lipinski definition) is 3. The summed E-state index contributed by atoms with van der Waals surface area (Å²) in [7, 11) is 0. The molecule has 0 aliphatic rings. The maximum atomic E-state index is 13.2. The van der Waals surface area contributed by atoms with Crippen LogP contribution in [0, 0.1) is 0 Å². The highest BCUT2D eigenvalue weighted by Gasteiger charge is 2.18. The number of aromatic nitrogens is 1. The Bertz CT molecular complexity index is 863. The van der Waals surface area contributed by atoms with Crippen molar-refractivity contribution in [1.29, 1.82) is 0 Å². The summed E-state index contributed by atoms with van der Waals surface area (Å²) in [5, 5.41) is 3.17. The summed E-state index contributed by atoms with van der Waals surface area (Å²) in [5.41, 5.74) is 3.26. The van der Waals surface area contributed by atoms with Crippen LogP contribution in [0.15, 0.2) is 91.8 Å². The third kappa shape index (κ3) is 4.36. The van der Waals surface area contributed by atoms with Gasteiger partial charge < -0.3 is 10.2 Å². The standard InChI is InChI=1S/C22H21N3O/c1-2-13-24-20-14-19(15-23-16-20)22(26)25(21-11-7-4-8-12-21)17-18-9-5-3-6-10-18/h2-12,14-16,24H,1,13,17H2. The fraction of sp³-hybridized carbons (Fsp3) is 0.0909. The summed E-state index contributed by atoms with van der Waals surface area (Å²) in [6.45, 7) is 4.80. The molecule has 26 heavy (non-hydrogen) atoms. The first-order valence-corrected chi connectivity index (χ1v) is 8.48. The van der Waals surface area contributed by atoms with Crippen LogP contribution < -0.4 is 10.2 Å². The van der Waals surface area contributed by atoms with Crippen molar-refractivity contribution in [2.75, 3.05) is 16.8 Å². The molecule has 1 aromatic heterocycles. The number of benzene rings is 2. The Hall–Kier alpha value is -3.40. The van der Waals surface area contributed by atoms with Gasteiger partial charge in [0.1, 0.15) is 0 Å². The summed E-state index contributed by atoms with van der Waals surface area (Å²) < 4.78 is 0. The molecule has 0 atom stereocenters. The van der Waals surface area contributed by atoms with Gasteiger partial charge in [-0.3, -0.25) is 9.78 Å². The van der Waals surface area contributed by atoms with Gasteiger partial charge >= 0.3 is 0 Å². The average molecular weight is 343 g/mol. The molecule has 0 saturated heterocycles. The molecule has 3 rings (SSSR count). The molecular formula is C22H21N3O. The van der Waals surface area contributed by atoms with Crippen LogP contribution in [0.2, 0.25) is 0 Å². The number of carbonyl (C=O) groups is 1. The van der Waals surface area contributed by atoms with Crippen molar-refractivity contribution in [2.45, 2.75) is 6.54 Å². The van der Waals surface area contributed by atoms with Gasteiger partial charge in [-0.05, 0) is 23.8 Å². The number of rotatable bonds is 7. The van der Waals surface area contributed by atoms with Crippen LogP contribution >= 0.6 is 0 Å². The zero-order chi connectivity index (χ0) is 18.2. The molecule has 130 valence electrons. The number of hydrogen-bond donors (Lipinski definition) is 1. The number of amides is 1. The van der Waals surface area contributed by atoms with Gasteiger partial charge in [0, 0.05) is 24.6 Å². The summed E-state index contributed by atoms with van der Waals surface area (Å²) in [4.78, 5) is 19.2. The molecule has 0 bridgehead atoms. The lowest BCUT2D eigenvalue weighted by Crippen LogP contribution is -2.30. The fourth-order valence-electron chi connectivity index (χ4n) is 2.65. The maximum Gasteiger partial charge on any atom is 0.260 e. The van der Waals surface area contributed by atoms with Gasteiger partial charge in [-0.1, -0.05) is 54.6 Å². The van der Waals surface area contributed by atoms with Crippen molar-refractivity contribution in [3.63, 3.8) is 0 Å². The van der Waals surface area contributed by atoms with E-state index in [1.165, 1.54) is 0 Å². The summed E-state index contributed by atoms with van der Waals surface area (Å²) in [5.74, 6) is -0.0881. The minimum absolute atomic E-state index is 0.0881. The van der Waals surface area contributed by atoms with Gasteiger partial charge in [-0.25, -0.2) is 0 Å². The van der Waals surface area contributed by atoms with E-state index >= 15 is 0 Å². The predicted octanol–water partition coefficient (Wildman–Crippen LogP) is 4.53. The van der Waals surface area contributed by atoms with Crippen LogP contribution in [0.3, 0.4) is 0 Å². The lowest BCUT2D eigenvalue weighted by molar-refractivity contribution is 0.0985. The van der Waals surface area contributed by atoms with E-state index in [1.807, 2.05) is 66.7 Å². The van der Waals surface area contributed by atoms with Gasteiger partial charge in [0.2, 0.25) is 0 Å². The molecule has 0 saturated carbocycles. The SMILES string of the molecule is C=CCNc1cncc(C(=O)N(Cc2ccccc2)c2ccccc2)c1. The van der Waals surface area contributed by atoms with Crippen LogP contribution in [0.1, 0.15) is 15.9 Å². The molecule has 3 aromatic rings. The minimum Gasteiger partial charge on any atom is -0.380 e. The number of para-hydroxylation sites is 1. The monoisotopic (exact) mass is 343 g/mol. The van der Waals surface area contributed by atoms with Crippen molar-refractivity contribution in [2.24, 2.45) is 0 Å². The molecule has 2 aromatic carbocycles. The molecule has 1 amide bonds. The van der Waals surface area contributed by atoms with Crippen molar-refractivity contribution in [1.82, 2.24) is 4.98 Å². The van der Waals surface area contributed by atoms with Crippen LogP contribution in [-0.2, 0) is 6.54 Å². The highest BCUT2D eigenvalue weighted by molar-refractivity contribution is 6.06. The molecule has 1 heterocycles. The summed E-state index contributed by atoms with van der Waals surface area (Å²) >= 11 is 0. The number of pyridine rings is 1. The largest absolute Gasteiger partial charge is 0.380 e. The Kier molecular flexibility index (Phi) is 5.78. The maximum absolute atomic E-state index is 13.2. The first-order valence-electron chi connectivity index (χ1n) is 8.48. The second kappa shape index (κ2) is 8.62. The zero-order valence-corrected chi connectivity index (χ0v) is 14.5. The molecule has 0 aliphatic heterocycles. The van der Waals surface area contributed by atoms with Gasteiger partial charge in [0.05, 0.1) is 17.8 Å². The van der Waals surface area contributed by atoms with Crippen molar-refractivity contribution in [3.8, 4) is 0 Å². The van der Waals surface area contributed by atoms with E-state index in [9.17, 15) is 4.79 Å². The summed E-state index contributed by atoms with van der Waals surface area (Å²) in [6, 6.07) is 21.5. The quantitative estimate of drug-likeness (QED) is 0.641. The molecule has 4 heteroatoms. The van der Waals surface area contributed by atoms with Crippen LogP contribution in [0.5, 0.6) is 0 Å². The zero-order valence-electron chi connectivity index (χ0n) is 14.5. The molecule has 0 spiro atoms. The lowest BCUT2D eigenvalue weighted by Gasteiger charge is -2.23. The lowest BCUT2D eigenvalue weighted by atomic mass is 10.1. The third-order valence-electron chi connectivity index (χ3n) is 3.93. The number of nitrogens with one attached hydrogen (secondary N) is 1. The van der Waals surface area contributed by atoms with E-state index < -0.39 is 0 Å². The van der Waals surface area contributed by atoms with Gasteiger partial charge in [-0.15, -0.1) is 6.58 Å². The molecule has 4 nitrogen and oxygen atoms in total. The van der Waals surface area contributed by atoms with E-state index in [2.05, 4.69) is 16.9 Å². The van der Waals surface area contributed by atoms with Crippen LogP contribution in [0.25, 0.3) is 0 Å². The van der Waals surface area contributed by atoms with Crippen molar-refractivity contribution in [3.05, 3.63) is 103 Å². The Morgan fingerprint density at radius 2 is 1.73 bits per heavy atom. The molecule has 0 aliphatic carbocycles. The third-order valence-corrected chi connectivity index (χ3v) is 3.93. The van der Waals surface area contributed by atoms with Gasteiger partial charge in [-0.2, -0.15) is 0 Å². The Morgan fingerprint density at radius 1 is 1.04 bits per heavy atom. The Balaban J connectivity index is 1.91. The normalized spacial score (nSPS) is 10.2. The molecule has 0 unspecified atom stereocenters. The number of nitrogens with zero attached hydrogens (tertiary/aromatic N) is 2. The topological polar surface area (TPSA) is 45.2 Å². The number of anilines is 2. The van der Waals surface area contributed by atoms with E-state index in [-0.39, 0.29) is 5.91 Å². The molecular weight excluding hydrogens is 322 g/mol. The molecule has 1 N–H and O–H groups in total. The van der Waals surface area contributed by atoms with Crippen molar-refractivity contribution < 1.29 is 4.79 Å². The highest BCUT2D eigenvalue weighted by atomic mass is 16.2. The van der Waals surface area contributed by atoms with Crippen LogP contribution in [-0.4, -0.2) is 17.4 Å². The van der Waals surface area contributed by atoms with Crippen LogP contribution in [0.4, 0.5) is 11.4 Å². The smallest absolute Gasteiger partial charge is 0.260 e. The first kappa shape index (κ1) is 17.4. The second-order valence-corrected chi connectivity index (χ2v) is 5.84. The van der Waals surface area contributed by atoms with Gasteiger partial charge in [0.25, 0.3) is 5.91 Å².